The molecule has 0 aromatic rings. The second-order valence-electron chi connectivity index (χ2n) is 6.75. The molecule has 1 fully saturated rings. The third-order valence-electron chi connectivity index (χ3n) is 4.73. The summed E-state index contributed by atoms with van der Waals surface area (Å²) in [7, 11) is 0. The minimum atomic E-state index is 0.172. The van der Waals surface area contributed by atoms with Crippen LogP contribution in [0.4, 0.5) is 0 Å². The number of nitrogens with one attached hydrogen (secondary N) is 1. The summed E-state index contributed by atoms with van der Waals surface area (Å²) in [6, 6.07) is 0.172. The molecule has 124 valence electrons. The van der Waals surface area contributed by atoms with Gasteiger partial charge in [0.2, 0.25) is 0 Å². The molecule has 0 spiro atoms. The average molecular weight is 296 g/mol. The summed E-state index contributed by atoms with van der Waals surface area (Å²) in [5.41, 5.74) is 0. The zero-order chi connectivity index (χ0) is 15.2. The molecule has 1 aliphatic rings. The van der Waals surface area contributed by atoms with E-state index in [1.165, 1.54) is 77.0 Å². The van der Waals surface area contributed by atoms with Crippen molar-refractivity contribution >= 4 is 5.78 Å². The standard InChI is InChI=1S/C19H37NO/c1-2-3-4-5-6-7-8-9-10-13-16-19(21)18-15-12-11-14-17-20-18/h18,20H,2-17H2,1H3. The Morgan fingerprint density at radius 2 is 1.48 bits per heavy atom. The summed E-state index contributed by atoms with van der Waals surface area (Å²) in [5.74, 6) is 0.469. The number of carbonyl (C=O) groups is 1. The van der Waals surface area contributed by atoms with Crippen molar-refractivity contribution in [1.29, 1.82) is 0 Å². The van der Waals surface area contributed by atoms with Gasteiger partial charge in [-0.1, -0.05) is 77.6 Å². The Labute approximate surface area is 132 Å². The second-order valence-corrected chi connectivity index (χ2v) is 6.75. The van der Waals surface area contributed by atoms with Gasteiger partial charge in [-0.05, 0) is 25.8 Å². The van der Waals surface area contributed by atoms with Crippen LogP contribution < -0.4 is 5.32 Å². The highest BCUT2D eigenvalue weighted by atomic mass is 16.1. The highest BCUT2D eigenvalue weighted by molar-refractivity contribution is 5.83. The molecule has 0 aromatic carbocycles. The van der Waals surface area contributed by atoms with Crippen LogP contribution in [0.15, 0.2) is 0 Å². The molecule has 1 rings (SSSR count). The van der Waals surface area contributed by atoms with Gasteiger partial charge in [0.15, 0.2) is 0 Å². The van der Waals surface area contributed by atoms with Crippen LogP contribution in [-0.2, 0) is 4.79 Å². The molecule has 0 aromatic heterocycles. The van der Waals surface area contributed by atoms with Crippen LogP contribution in [0.25, 0.3) is 0 Å². The molecule has 0 radical (unpaired) electrons. The summed E-state index contributed by atoms with van der Waals surface area (Å²) in [6.45, 7) is 3.31. The van der Waals surface area contributed by atoms with E-state index in [1.54, 1.807) is 0 Å². The fourth-order valence-electron chi connectivity index (χ4n) is 3.26. The first-order valence-corrected chi connectivity index (χ1v) is 9.60. The zero-order valence-electron chi connectivity index (χ0n) is 14.3. The lowest BCUT2D eigenvalue weighted by molar-refractivity contribution is -0.121. The summed E-state index contributed by atoms with van der Waals surface area (Å²) in [5, 5.41) is 3.42. The number of Topliss-reactive ketones (excluding diaryl/α,β-unsaturated/α-hetero) is 1. The smallest absolute Gasteiger partial charge is 0.149 e. The SMILES string of the molecule is CCCCCCCCCCCCC(=O)C1CCCCCN1. The minimum absolute atomic E-state index is 0.172. The summed E-state index contributed by atoms with van der Waals surface area (Å²) in [6.07, 6.45) is 19.0. The number of carbonyl (C=O) groups excluding carboxylic acids is 1. The van der Waals surface area contributed by atoms with Crippen molar-refractivity contribution in [3.8, 4) is 0 Å². The number of hydrogen-bond donors (Lipinski definition) is 1. The van der Waals surface area contributed by atoms with Gasteiger partial charge < -0.3 is 5.32 Å². The normalized spacial score (nSPS) is 19.4. The molecule has 21 heavy (non-hydrogen) atoms. The van der Waals surface area contributed by atoms with Gasteiger partial charge in [-0.2, -0.15) is 0 Å². The lowest BCUT2D eigenvalue weighted by Gasteiger charge is -2.14. The molecule has 1 saturated heterocycles. The van der Waals surface area contributed by atoms with Crippen molar-refractivity contribution in [2.24, 2.45) is 0 Å². The van der Waals surface area contributed by atoms with E-state index in [0.29, 0.717) is 5.78 Å². The van der Waals surface area contributed by atoms with E-state index in [0.717, 1.165) is 25.8 Å². The van der Waals surface area contributed by atoms with Crippen molar-refractivity contribution in [3.63, 3.8) is 0 Å². The van der Waals surface area contributed by atoms with Gasteiger partial charge >= 0.3 is 0 Å². The predicted octanol–water partition coefficient (Wildman–Crippen LogP) is 5.40. The number of hydrogen-bond acceptors (Lipinski definition) is 2. The van der Waals surface area contributed by atoms with Crippen LogP contribution in [0.3, 0.4) is 0 Å². The molecule has 1 unspecified atom stereocenters. The number of rotatable bonds is 12. The van der Waals surface area contributed by atoms with Gasteiger partial charge in [0.25, 0.3) is 0 Å². The van der Waals surface area contributed by atoms with E-state index >= 15 is 0 Å². The summed E-state index contributed by atoms with van der Waals surface area (Å²) >= 11 is 0. The predicted molar refractivity (Wildman–Crippen MR) is 91.7 cm³/mol. The first kappa shape index (κ1) is 18.7. The molecule has 0 bridgehead atoms. The summed E-state index contributed by atoms with van der Waals surface area (Å²) < 4.78 is 0. The molecule has 1 N–H and O–H groups in total. The lowest BCUT2D eigenvalue weighted by Crippen LogP contribution is -2.35. The van der Waals surface area contributed by atoms with E-state index in [-0.39, 0.29) is 6.04 Å². The quantitative estimate of drug-likeness (QED) is 0.488. The van der Waals surface area contributed by atoms with Crippen LogP contribution in [-0.4, -0.2) is 18.4 Å². The Morgan fingerprint density at radius 1 is 0.857 bits per heavy atom. The third kappa shape index (κ3) is 10.1. The van der Waals surface area contributed by atoms with Gasteiger partial charge in [0.1, 0.15) is 5.78 Å². The summed E-state index contributed by atoms with van der Waals surface area (Å²) in [4.78, 5) is 12.1. The van der Waals surface area contributed by atoms with Crippen molar-refractivity contribution in [1.82, 2.24) is 5.32 Å². The van der Waals surface area contributed by atoms with E-state index in [9.17, 15) is 4.79 Å². The monoisotopic (exact) mass is 295 g/mol. The van der Waals surface area contributed by atoms with Crippen LogP contribution in [0.5, 0.6) is 0 Å². The molecule has 2 nitrogen and oxygen atoms in total. The molecule has 1 heterocycles. The fourth-order valence-corrected chi connectivity index (χ4v) is 3.26. The molecule has 0 aliphatic carbocycles. The van der Waals surface area contributed by atoms with E-state index in [4.69, 9.17) is 0 Å². The Morgan fingerprint density at radius 3 is 2.14 bits per heavy atom. The Kier molecular flexibility index (Phi) is 11.8. The van der Waals surface area contributed by atoms with Crippen molar-refractivity contribution in [2.45, 2.75) is 109 Å². The first-order chi connectivity index (χ1) is 10.3. The van der Waals surface area contributed by atoms with E-state index in [2.05, 4.69) is 12.2 Å². The average Bonchev–Trinajstić information content (AvgIpc) is 2.78. The molecule has 0 amide bonds. The van der Waals surface area contributed by atoms with Crippen molar-refractivity contribution in [2.75, 3.05) is 6.54 Å². The number of ketones is 1. The maximum absolute atomic E-state index is 12.1. The first-order valence-electron chi connectivity index (χ1n) is 9.60. The van der Waals surface area contributed by atoms with E-state index < -0.39 is 0 Å². The van der Waals surface area contributed by atoms with Crippen molar-refractivity contribution < 1.29 is 4.79 Å². The van der Waals surface area contributed by atoms with Gasteiger partial charge in [-0.25, -0.2) is 0 Å². The maximum atomic E-state index is 12.1. The van der Waals surface area contributed by atoms with Gasteiger partial charge in [0, 0.05) is 6.42 Å². The van der Waals surface area contributed by atoms with Crippen molar-refractivity contribution in [3.05, 3.63) is 0 Å². The Balaban J connectivity index is 1.88. The third-order valence-corrected chi connectivity index (χ3v) is 4.73. The molecular formula is C19H37NO. The Hall–Kier alpha value is -0.370. The largest absolute Gasteiger partial charge is 0.307 e. The lowest BCUT2D eigenvalue weighted by atomic mass is 10.0. The van der Waals surface area contributed by atoms with E-state index in [1.807, 2.05) is 0 Å². The highest BCUT2D eigenvalue weighted by Gasteiger charge is 2.18. The highest BCUT2D eigenvalue weighted by Crippen LogP contribution is 2.14. The minimum Gasteiger partial charge on any atom is -0.307 e. The Bertz CT molecular complexity index is 244. The molecular weight excluding hydrogens is 258 g/mol. The fraction of sp³-hybridized carbons (Fsp3) is 0.947. The van der Waals surface area contributed by atoms with Crippen LogP contribution in [0.2, 0.25) is 0 Å². The van der Waals surface area contributed by atoms with Crippen LogP contribution in [0.1, 0.15) is 103 Å². The molecule has 2 heteroatoms. The second kappa shape index (κ2) is 13.3. The van der Waals surface area contributed by atoms with Crippen LogP contribution >= 0.6 is 0 Å². The topological polar surface area (TPSA) is 29.1 Å². The molecule has 1 aliphatic heterocycles. The van der Waals surface area contributed by atoms with Gasteiger partial charge in [-0.15, -0.1) is 0 Å². The van der Waals surface area contributed by atoms with Gasteiger partial charge in [0.05, 0.1) is 6.04 Å². The number of unbranched alkanes of at least 4 members (excludes halogenated alkanes) is 9. The zero-order valence-corrected chi connectivity index (χ0v) is 14.3. The maximum Gasteiger partial charge on any atom is 0.149 e. The molecule has 1 atom stereocenters. The van der Waals surface area contributed by atoms with Crippen LogP contribution in [0, 0.1) is 0 Å². The molecule has 0 saturated carbocycles. The van der Waals surface area contributed by atoms with Gasteiger partial charge in [-0.3, -0.25) is 4.79 Å².